The highest BCUT2D eigenvalue weighted by molar-refractivity contribution is 5.80. The molecule has 1 aromatic carbocycles. The molecular formula is C13H17N3. The van der Waals surface area contributed by atoms with E-state index < -0.39 is 0 Å². The summed E-state index contributed by atoms with van der Waals surface area (Å²) in [4.78, 5) is 6.65. The predicted octanol–water partition coefficient (Wildman–Crippen LogP) is 1.60. The van der Waals surface area contributed by atoms with Crippen LogP contribution in [0.1, 0.15) is 18.4 Å². The van der Waals surface area contributed by atoms with Crippen LogP contribution in [0.3, 0.4) is 0 Å². The van der Waals surface area contributed by atoms with E-state index in [9.17, 15) is 0 Å². The van der Waals surface area contributed by atoms with Gasteiger partial charge < -0.3 is 10.6 Å². The largest absolute Gasteiger partial charge is 0.370 e. The average Bonchev–Trinajstić information content (AvgIpc) is 3.08. The lowest BCUT2D eigenvalue weighted by atomic mass is 10.1. The van der Waals surface area contributed by atoms with Crippen LogP contribution in [0.4, 0.5) is 0 Å². The second-order valence-electron chi connectivity index (χ2n) is 4.72. The number of hydrogen-bond donors (Lipinski definition) is 1. The highest BCUT2D eigenvalue weighted by atomic mass is 15.3. The lowest BCUT2D eigenvalue weighted by Gasteiger charge is -2.26. The highest BCUT2D eigenvalue weighted by Crippen LogP contribution is 2.37. The van der Waals surface area contributed by atoms with Crippen molar-refractivity contribution < 1.29 is 0 Å². The highest BCUT2D eigenvalue weighted by Gasteiger charge is 2.38. The van der Waals surface area contributed by atoms with Crippen molar-refractivity contribution in [3.63, 3.8) is 0 Å². The number of rotatable bonds is 3. The fourth-order valence-electron chi connectivity index (χ4n) is 2.41. The number of hydrogen-bond acceptors (Lipinski definition) is 3. The molecule has 3 heteroatoms. The number of nitrogens with two attached hydrogens (primary N) is 1. The summed E-state index contributed by atoms with van der Waals surface area (Å²) in [7, 11) is 0. The summed E-state index contributed by atoms with van der Waals surface area (Å²) in [5, 5.41) is 0. The Balaban J connectivity index is 1.74. The first-order valence-corrected chi connectivity index (χ1v) is 5.95. The van der Waals surface area contributed by atoms with Gasteiger partial charge in [-0.1, -0.05) is 30.3 Å². The molecule has 16 heavy (non-hydrogen) atoms. The van der Waals surface area contributed by atoms with Gasteiger partial charge >= 0.3 is 0 Å². The van der Waals surface area contributed by atoms with Crippen LogP contribution in [0.25, 0.3) is 0 Å². The second kappa shape index (κ2) is 3.81. The maximum atomic E-state index is 5.96. The van der Waals surface area contributed by atoms with Crippen molar-refractivity contribution in [3.8, 4) is 0 Å². The fourth-order valence-corrected chi connectivity index (χ4v) is 2.41. The molecule has 1 aromatic rings. The summed E-state index contributed by atoms with van der Waals surface area (Å²) < 4.78 is 0. The standard InChI is InChI=1S/C13H17N3/c14-13-15-8-12(11-6-7-11)16(13)9-10-4-2-1-3-5-10/h1-5,11-12H,6-9H2,(H2,14,15). The molecule has 1 saturated carbocycles. The minimum absolute atomic E-state index is 0.556. The zero-order valence-electron chi connectivity index (χ0n) is 9.34. The molecule has 0 spiro atoms. The van der Waals surface area contributed by atoms with Crippen LogP contribution in [-0.2, 0) is 6.54 Å². The molecule has 84 valence electrons. The average molecular weight is 215 g/mol. The Labute approximate surface area is 96.0 Å². The molecule has 1 heterocycles. The van der Waals surface area contributed by atoms with Crippen molar-refractivity contribution >= 4 is 5.96 Å². The first-order valence-electron chi connectivity index (χ1n) is 5.95. The molecule has 3 rings (SSSR count). The quantitative estimate of drug-likeness (QED) is 0.832. The Kier molecular flexibility index (Phi) is 2.31. The minimum Gasteiger partial charge on any atom is -0.370 e. The van der Waals surface area contributed by atoms with Gasteiger partial charge in [0.25, 0.3) is 0 Å². The molecule has 0 bridgehead atoms. The van der Waals surface area contributed by atoms with E-state index in [1.165, 1.54) is 18.4 Å². The molecule has 0 radical (unpaired) electrons. The van der Waals surface area contributed by atoms with E-state index in [0.29, 0.717) is 6.04 Å². The molecule has 1 aliphatic heterocycles. The molecule has 1 atom stereocenters. The summed E-state index contributed by atoms with van der Waals surface area (Å²) in [5.74, 6) is 1.55. The Morgan fingerprint density at radius 2 is 2.00 bits per heavy atom. The predicted molar refractivity (Wildman–Crippen MR) is 65.0 cm³/mol. The number of nitrogens with zero attached hydrogens (tertiary/aromatic N) is 2. The molecule has 3 nitrogen and oxygen atoms in total. The Bertz CT molecular complexity index is 395. The fraction of sp³-hybridized carbons (Fsp3) is 0.462. The van der Waals surface area contributed by atoms with Crippen LogP contribution in [0, 0.1) is 5.92 Å². The van der Waals surface area contributed by atoms with Gasteiger partial charge in [0.2, 0.25) is 0 Å². The summed E-state index contributed by atoms with van der Waals surface area (Å²) in [5.41, 5.74) is 7.27. The van der Waals surface area contributed by atoms with Gasteiger partial charge in [0.05, 0.1) is 12.6 Å². The van der Waals surface area contributed by atoms with Crippen molar-refractivity contribution in [3.05, 3.63) is 35.9 Å². The normalized spacial score (nSPS) is 24.6. The molecule has 2 aliphatic rings. The number of aliphatic imine (C=N–C) groups is 1. The summed E-state index contributed by atoms with van der Waals surface area (Å²) in [6.07, 6.45) is 2.69. The van der Waals surface area contributed by atoms with E-state index in [1.807, 2.05) is 6.07 Å². The Hall–Kier alpha value is -1.51. The summed E-state index contributed by atoms with van der Waals surface area (Å²) in [6, 6.07) is 11.0. The van der Waals surface area contributed by atoms with Crippen LogP contribution in [0.2, 0.25) is 0 Å². The van der Waals surface area contributed by atoms with Crippen molar-refractivity contribution in [1.82, 2.24) is 4.90 Å². The van der Waals surface area contributed by atoms with Gasteiger partial charge in [0, 0.05) is 6.54 Å². The maximum absolute atomic E-state index is 5.96. The molecule has 0 amide bonds. The molecule has 0 saturated heterocycles. The van der Waals surface area contributed by atoms with Crippen LogP contribution in [-0.4, -0.2) is 23.4 Å². The van der Waals surface area contributed by atoms with E-state index in [1.54, 1.807) is 0 Å². The van der Waals surface area contributed by atoms with Gasteiger partial charge in [-0.05, 0) is 24.3 Å². The van der Waals surface area contributed by atoms with Crippen molar-refractivity contribution in [2.24, 2.45) is 16.6 Å². The third-order valence-corrected chi connectivity index (χ3v) is 3.50. The van der Waals surface area contributed by atoms with Gasteiger partial charge in [0.1, 0.15) is 0 Å². The van der Waals surface area contributed by atoms with E-state index in [4.69, 9.17) is 5.73 Å². The molecule has 1 unspecified atom stereocenters. The second-order valence-corrected chi connectivity index (χ2v) is 4.72. The first kappa shape index (κ1) is 9.70. The van der Waals surface area contributed by atoms with Gasteiger partial charge in [-0.3, -0.25) is 4.99 Å². The van der Waals surface area contributed by atoms with Gasteiger partial charge in [-0.2, -0.15) is 0 Å². The van der Waals surface area contributed by atoms with Gasteiger partial charge in [0.15, 0.2) is 5.96 Å². The van der Waals surface area contributed by atoms with Gasteiger partial charge in [-0.15, -0.1) is 0 Å². The van der Waals surface area contributed by atoms with Crippen LogP contribution < -0.4 is 5.73 Å². The summed E-state index contributed by atoms with van der Waals surface area (Å²) in [6.45, 7) is 1.79. The van der Waals surface area contributed by atoms with Crippen molar-refractivity contribution in [2.75, 3.05) is 6.54 Å². The minimum atomic E-state index is 0.556. The Morgan fingerprint density at radius 3 is 2.69 bits per heavy atom. The zero-order valence-corrected chi connectivity index (χ0v) is 9.34. The van der Waals surface area contributed by atoms with Crippen LogP contribution in [0.5, 0.6) is 0 Å². The number of guanidine groups is 1. The van der Waals surface area contributed by atoms with Crippen LogP contribution >= 0.6 is 0 Å². The molecule has 1 aliphatic carbocycles. The molecular weight excluding hydrogens is 198 g/mol. The topological polar surface area (TPSA) is 41.6 Å². The SMILES string of the molecule is NC1=NCC(C2CC2)N1Cc1ccccc1. The van der Waals surface area contributed by atoms with Crippen molar-refractivity contribution in [2.45, 2.75) is 25.4 Å². The van der Waals surface area contributed by atoms with Crippen molar-refractivity contribution in [1.29, 1.82) is 0 Å². The molecule has 1 fully saturated rings. The molecule has 2 N–H and O–H groups in total. The smallest absolute Gasteiger partial charge is 0.191 e. The third kappa shape index (κ3) is 1.77. The van der Waals surface area contributed by atoms with E-state index >= 15 is 0 Å². The van der Waals surface area contributed by atoms with E-state index in [0.717, 1.165) is 25.0 Å². The van der Waals surface area contributed by atoms with E-state index in [-0.39, 0.29) is 0 Å². The Morgan fingerprint density at radius 1 is 1.25 bits per heavy atom. The van der Waals surface area contributed by atoms with Crippen LogP contribution in [0.15, 0.2) is 35.3 Å². The van der Waals surface area contributed by atoms with Gasteiger partial charge in [-0.25, -0.2) is 0 Å². The lowest BCUT2D eigenvalue weighted by molar-refractivity contribution is 0.303. The van der Waals surface area contributed by atoms with E-state index in [2.05, 4.69) is 34.2 Å². The number of benzene rings is 1. The zero-order chi connectivity index (χ0) is 11.0. The third-order valence-electron chi connectivity index (χ3n) is 3.50. The lowest BCUT2D eigenvalue weighted by Crippen LogP contribution is -2.41. The first-order chi connectivity index (χ1) is 7.84. The maximum Gasteiger partial charge on any atom is 0.191 e. The monoisotopic (exact) mass is 215 g/mol. The molecule has 0 aromatic heterocycles. The summed E-state index contributed by atoms with van der Waals surface area (Å²) >= 11 is 0.